The smallest absolute Gasteiger partial charge is 0.238 e. The number of nitrogens with one attached hydrogen (secondary N) is 1. The maximum atomic E-state index is 11.8. The summed E-state index contributed by atoms with van der Waals surface area (Å²) >= 11 is 0. The van der Waals surface area contributed by atoms with Crippen LogP contribution in [0.15, 0.2) is 59.6 Å². The summed E-state index contributed by atoms with van der Waals surface area (Å²) in [6.45, 7) is 0.767. The van der Waals surface area contributed by atoms with Crippen LogP contribution in [0.3, 0.4) is 0 Å². The molecule has 5 nitrogen and oxygen atoms in total. The molecule has 0 spiro atoms. The molecule has 4 rings (SSSR count). The van der Waals surface area contributed by atoms with Gasteiger partial charge in [-0.3, -0.25) is 0 Å². The van der Waals surface area contributed by atoms with Crippen LogP contribution in [0.4, 0.5) is 5.82 Å². The first-order valence-corrected chi connectivity index (χ1v) is 9.31. The Labute approximate surface area is 140 Å². The van der Waals surface area contributed by atoms with E-state index >= 15 is 0 Å². The molecule has 122 valence electrons. The minimum Gasteiger partial charge on any atom is -0.369 e. The van der Waals surface area contributed by atoms with E-state index < -0.39 is 10.0 Å². The first-order valence-electron chi connectivity index (χ1n) is 7.76. The van der Waals surface area contributed by atoms with Gasteiger partial charge < -0.3 is 5.32 Å². The molecule has 0 aliphatic heterocycles. The highest BCUT2D eigenvalue weighted by molar-refractivity contribution is 7.89. The lowest BCUT2D eigenvalue weighted by Crippen LogP contribution is -2.24. The lowest BCUT2D eigenvalue weighted by atomic mass is 9.77. The number of benzene rings is 2. The molecule has 0 saturated carbocycles. The number of nitrogens with zero attached hydrogens (tertiary/aromatic N) is 1. The van der Waals surface area contributed by atoms with Crippen LogP contribution >= 0.6 is 0 Å². The number of hydrogen-bond donors (Lipinski definition) is 2. The number of pyridine rings is 1. The van der Waals surface area contributed by atoms with Gasteiger partial charge in [-0.1, -0.05) is 36.4 Å². The van der Waals surface area contributed by atoms with E-state index in [1.165, 1.54) is 17.2 Å². The molecule has 3 aromatic rings. The number of nitrogens with two attached hydrogens (primary N) is 1. The van der Waals surface area contributed by atoms with Crippen molar-refractivity contribution in [2.75, 3.05) is 11.9 Å². The van der Waals surface area contributed by atoms with Crippen LogP contribution in [0.1, 0.15) is 17.0 Å². The predicted octanol–water partition coefficient (Wildman–Crippen LogP) is 2.63. The zero-order valence-corrected chi connectivity index (χ0v) is 13.8. The summed E-state index contributed by atoms with van der Waals surface area (Å²) < 4.78 is 23.5. The molecule has 0 saturated heterocycles. The second kappa shape index (κ2) is 5.58. The molecular weight excluding hydrogens is 322 g/mol. The van der Waals surface area contributed by atoms with Gasteiger partial charge in [0.2, 0.25) is 10.0 Å². The normalized spacial score (nSPS) is 16.5. The Morgan fingerprint density at radius 3 is 2.71 bits per heavy atom. The molecule has 0 fully saturated rings. The van der Waals surface area contributed by atoms with Crippen LogP contribution in [0.2, 0.25) is 0 Å². The van der Waals surface area contributed by atoms with Crippen LogP contribution in [0.5, 0.6) is 0 Å². The van der Waals surface area contributed by atoms with Crippen LogP contribution in [0, 0.1) is 0 Å². The molecule has 1 aromatic heterocycles. The summed E-state index contributed by atoms with van der Waals surface area (Å²) in [4.78, 5) is 4.49. The van der Waals surface area contributed by atoms with Crippen LogP contribution < -0.4 is 10.5 Å². The number of fused-ring (bicyclic) bond motifs is 2. The third-order valence-electron chi connectivity index (χ3n) is 4.55. The maximum absolute atomic E-state index is 11.8. The average Bonchev–Trinajstić information content (AvgIpc) is 2.54. The van der Waals surface area contributed by atoms with Crippen molar-refractivity contribution in [3.05, 3.63) is 65.9 Å². The molecule has 1 heterocycles. The van der Waals surface area contributed by atoms with E-state index in [0.29, 0.717) is 17.1 Å². The molecule has 1 aliphatic carbocycles. The quantitative estimate of drug-likeness (QED) is 0.765. The number of hydrogen-bond acceptors (Lipinski definition) is 4. The predicted molar refractivity (Wildman–Crippen MR) is 94.5 cm³/mol. The van der Waals surface area contributed by atoms with Crippen molar-refractivity contribution >= 4 is 26.6 Å². The summed E-state index contributed by atoms with van der Waals surface area (Å²) in [5.41, 5.74) is 2.77. The summed E-state index contributed by atoms with van der Waals surface area (Å²) in [7, 11) is -3.77. The SMILES string of the molecule is NS(=O)(=O)c1cccc2c(NCC3Cc4ccccc43)nccc12. The minimum atomic E-state index is -3.77. The van der Waals surface area contributed by atoms with Gasteiger partial charge in [-0.25, -0.2) is 18.5 Å². The lowest BCUT2D eigenvalue weighted by molar-refractivity contribution is 0.598. The summed E-state index contributed by atoms with van der Waals surface area (Å²) in [6, 6.07) is 15.2. The lowest BCUT2D eigenvalue weighted by Gasteiger charge is -2.30. The first kappa shape index (κ1) is 15.1. The number of primary sulfonamides is 1. The van der Waals surface area contributed by atoms with Gasteiger partial charge in [0, 0.05) is 29.4 Å². The molecule has 0 amide bonds. The van der Waals surface area contributed by atoms with Gasteiger partial charge in [0.1, 0.15) is 5.82 Å². The highest BCUT2D eigenvalue weighted by atomic mass is 32.2. The van der Waals surface area contributed by atoms with E-state index in [-0.39, 0.29) is 4.90 Å². The monoisotopic (exact) mass is 339 g/mol. The largest absolute Gasteiger partial charge is 0.369 e. The van der Waals surface area contributed by atoms with Crippen molar-refractivity contribution in [1.29, 1.82) is 0 Å². The molecule has 1 atom stereocenters. The summed E-state index contributed by atoms with van der Waals surface area (Å²) in [5.74, 6) is 1.14. The third kappa shape index (κ3) is 2.53. The van der Waals surface area contributed by atoms with Crippen molar-refractivity contribution in [2.24, 2.45) is 5.14 Å². The zero-order chi connectivity index (χ0) is 16.7. The molecule has 0 radical (unpaired) electrons. The first-order chi connectivity index (χ1) is 11.5. The van der Waals surface area contributed by atoms with Gasteiger partial charge in [0.05, 0.1) is 4.90 Å². The Hall–Kier alpha value is -2.44. The number of aromatic nitrogens is 1. The molecule has 1 unspecified atom stereocenters. The fourth-order valence-corrected chi connectivity index (χ4v) is 4.08. The van der Waals surface area contributed by atoms with Gasteiger partial charge >= 0.3 is 0 Å². The van der Waals surface area contributed by atoms with Gasteiger partial charge in [-0.15, -0.1) is 0 Å². The van der Waals surface area contributed by atoms with Crippen molar-refractivity contribution in [3.8, 4) is 0 Å². The molecular formula is C18H17N3O2S. The van der Waals surface area contributed by atoms with Crippen LogP contribution in [-0.2, 0) is 16.4 Å². The Kier molecular flexibility index (Phi) is 3.51. The highest BCUT2D eigenvalue weighted by Crippen LogP contribution is 2.35. The number of rotatable bonds is 4. The molecule has 24 heavy (non-hydrogen) atoms. The average molecular weight is 339 g/mol. The van der Waals surface area contributed by atoms with E-state index in [2.05, 4.69) is 34.6 Å². The molecule has 6 heteroatoms. The number of anilines is 1. The topological polar surface area (TPSA) is 85.1 Å². The van der Waals surface area contributed by atoms with Crippen LogP contribution in [-0.4, -0.2) is 19.9 Å². The standard InChI is InChI=1S/C18H17N3O2S/c19-24(22,23)17-7-3-6-16-15(17)8-9-20-18(16)21-11-13-10-12-4-1-2-5-14(12)13/h1-9,13H,10-11H2,(H,20,21)(H2,19,22,23). The van der Waals surface area contributed by atoms with Crippen molar-refractivity contribution < 1.29 is 8.42 Å². The summed E-state index contributed by atoms with van der Waals surface area (Å²) in [5, 5.41) is 10.0. The van der Waals surface area contributed by atoms with Crippen molar-refractivity contribution in [2.45, 2.75) is 17.2 Å². The fraction of sp³-hybridized carbons (Fsp3) is 0.167. The Bertz CT molecular complexity index is 1030. The van der Waals surface area contributed by atoms with E-state index in [9.17, 15) is 8.42 Å². The second-order valence-electron chi connectivity index (χ2n) is 6.04. The molecule has 0 bridgehead atoms. The van der Waals surface area contributed by atoms with E-state index in [4.69, 9.17) is 5.14 Å². The van der Waals surface area contributed by atoms with Crippen LogP contribution in [0.25, 0.3) is 10.8 Å². The summed E-state index contributed by atoms with van der Waals surface area (Å²) in [6.07, 6.45) is 2.66. The Morgan fingerprint density at radius 1 is 1.08 bits per heavy atom. The molecule has 2 aromatic carbocycles. The van der Waals surface area contributed by atoms with Gasteiger partial charge in [0.15, 0.2) is 0 Å². The van der Waals surface area contributed by atoms with E-state index in [1.54, 1.807) is 18.3 Å². The second-order valence-corrected chi connectivity index (χ2v) is 7.57. The van der Waals surface area contributed by atoms with E-state index in [1.807, 2.05) is 6.07 Å². The highest BCUT2D eigenvalue weighted by Gasteiger charge is 2.25. The zero-order valence-electron chi connectivity index (χ0n) is 12.9. The van der Waals surface area contributed by atoms with Crippen molar-refractivity contribution in [1.82, 2.24) is 4.98 Å². The fourth-order valence-electron chi connectivity index (χ4n) is 3.33. The van der Waals surface area contributed by atoms with E-state index in [0.717, 1.165) is 18.4 Å². The van der Waals surface area contributed by atoms with Gasteiger partial charge in [-0.2, -0.15) is 0 Å². The van der Waals surface area contributed by atoms with Crippen molar-refractivity contribution in [3.63, 3.8) is 0 Å². The Balaban J connectivity index is 1.64. The molecule has 3 N–H and O–H groups in total. The number of sulfonamides is 1. The Morgan fingerprint density at radius 2 is 1.92 bits per heavy atom. The minimum absolute atomic E-state index is 0.124. The van der Waals surface area contributed by atoms with Gasteiger partial charge in [0.25, 0.3) is 0 Å². The maximum Gasteiger partial charge on any atom is 0.238 e. The van der Waals surface area contributed by atoms with Gasteiger partial charge in [-0.05, 0) is 29.7 Å². The third-order valence-corrected chi connectivity index (χ3v) is 5.52. The molecule has 1 aliphatic rings.